The molecule has 6 nitrogen and oxygen atoms in total. The minimum Gasteiger partial charge on any atom is -0.425 e. The van der Waals surface area contributed by atoms with Gasteiger partial charge >= 0.3 is 7.60 Å². The normalized spacial score (nSPS) is 14.2. The summed E-state index contributed by atoms with van der Waals surface area (Å²) in [5.41, 5.74) is -0.0450. The lowest BCUT2D eigenvalue weighted by atomic mass is 10.2. The molecule has 1 unspecified atom stereocenters. The molecule has 0 aliphatic carbocycles. The van der Waals surface area contributed by atoms with Crippen LogP contribution in [-0.4, -0.2) is 18.2 Å². The van der Waals surface area contributed by atoms with Gasteiger partial charge in [0.05, 0.1) is 11.5 Å². The van der Waals surface area contributed by atoms with E-state index in [9.17, 15) is 14.7 Å². The average molecular weight is 273 g/mol. The molecule has 7 heteroatoms. The van der Waals surface area contributed by atoms with Crippen LogP contribution >= 0.6 is 7.60 Å². The van der Waals surface area contributed by atoms with Crippen LogP contribution in [0.2, 0.25) is 0 Å². The fraction of sp³-hybridized carbons (Fsp3) is 0.455. The second kappa shape index (κ2) is 5.98. The van der Waals surface area contributed by atoms with E-state index in [0.29, 0.717) is 6.61 Å². The maximum absolute atomic E-state index is 11.9. The van der Waals surface area contributed by atoms with Crippen molar-refractivity contribution in [3.63, 3.8) is 0 Å². The van der Waals surface area contributed by atoms with E-state index in [-0.39, 0.29) is 17.4 Å². The van der Waals surface area contributed by atoms with Crippen molar-refractivity contribution >= 4 is 13.3 Å². The number of hydrogen-bond donors (Lipinski definition) is 0. The van der Waals surface area contributed by atoms with Crippen LogP contribution in [0.3, 0.4) is 0 Å². The topological polar surface area (TPSA) is 78.7 Å². The van der Waals surface area contributed by atoms with E-state index in [4.69, 9.17) is 9.05 Å². The van der Waals surface area contributed by atoms with Gasteiger partial charge in [0.2, 0.25) is 0 Å². The van der Waals surface area contributed by atoms with Crippen LogP contribution in [0.4, 0.5) is 5.69 Å². The molecule has 100 valence electrons. The first-order chi connectivity index (χ1) is 8.30. The molecule has 18 heavy (non-hydrogen) atoms. The Labute approximate surface area is 106 Å². The lowest BCUT2D eigenvalue weighted by Crippen LogP contribution is -2.03. The van der Waals surface area contributed by atoms with Gasteiger partial charge in [0.15, 0.2) is 0 Å². The minimum absolute atomic E-state index is 0.0450. The Morgan fingerprint density at radius 2 is 1.89 bits per heavy atom. The molecule has 0 spiro atoms. The summed E-state index contributed by atoms with van der Waals surface area (Å²) in [6.07, 6.45) is 0. The summed E-state index contributed by atoms with van der Waals surface area (Å²) in [6, 6.07) is 5.37. The first-order valence-corrected chi connectivity index (χ1v) is 7.45. The zero-order chi connectivity index (χ0) is 13.8. The van der Waals surface area contributed by atoms with Crippen LogP contribution in [-0.2, 0) is 9.09 Å². The first-order valence-electron chi connectivity index (χ1n) is 5.46. The van der Waals surface area contributed by atoms with Crippen molar-refractivity contribution in [3.8, 4) is 5.75 Å². The molecule has 0 bridgehead atoms. The van der Waals surface area contributed by atoms with Crippen LogP contribution in [0.1, 0.15) is 13.8 Å². The molecule has 1 atom stereocenters. The van der Waals surface area contributed by atoms with E-state index in [1.807, 2.05) is 13.8 Å². The molecule has 0 aliphatic rings. The summed E-state index contributed by atoms with van der Waals surface area (Å²) in [7, 11) is -3.18. The summed E-state index contributed by atoms with van der Waals surface area (Å²) in [4.78, 5) is 9.95. The third-order valence-corrected chi connectivity index (χ3v) is 3.12. The van der Waals surface area contributed by atoms with Crippen LogP contribution in [0.25, 0.3) is 0 Å². The summed E-state index contributed by atoms with van der Waals surface area (Å²) < 4.78 is 22.3. The molecule has 0 heterocycles. The van der Waals surface area contributed by atoms with Crippen molar-refractivity contribution in [3.05, 3.63) is 34.4 Å². The van der Waals surface area contributed by atoms with Gasteiger partial charge in [-0.05, 0) is 18.1 Å². The molecule has 0 saturated heterocycles. The Morgan fingerprint density at radius 1 is 1.33 bits per heavy atom. The van der Waals surface area contributed by atoms with Crippen LogP contribution in [0.15, 0.2) is 24.3 Å². The molecule has 0 amide bonds. The monoisotopic (exact) mass is 273 g/mol. The number of nitro groups is 1. The lowest BCUT2D eigenvalue weighted by Gasteiger charge is -2.16. The van der Waals surface area contributed by atoms with Gasteiger partial charge in [-0.15, -0.1) is 0 Å². The fourth-order valence-corrected chi connectivity index (χ4v) is 2.26. The molecule has 0 aliphatic heterocycles. The Kier molecular flexibility index (Phi) is 4.87. The second-order valence-electron chi connectivity index (χ2n) is 4.30. The minimum atomic E-state index is -3.18. The van der Waals surface area contributed by atoms with E-state index in [2.05, 4.69) is 0 Å². The summed E-state index contributed by atoms with van der Waals surface area (Å²) in [5, 5.41) is 10.5. The third-order valence-electron chi connectivity index (χ3n) is 1.96. The highest BCUT2D eigenvalue weighted by Crippen LogP contribution is 2.44. The van der Waals surface area contributed by atoms with E-state index in [1.54, 1.807) is 0 Å². The Morgan fingerprint density at radius 3 is 2.33 bits per heavy atom. The molecule has 1 rings (SSSR count). The SMILES string of the molecule is CC(C)COP(C)(=O)Oc1ccc([N+](=O)[O-])cc1. The van der Waals surface area contributed by atoms with Gasteiger partial charge in [-0.1, -0.05) is 13.8 Å². The molecular weight excluding hydrogens is 257 g/mol. The van der Waals surface area contributed by atoms with Gasteiger partial charge in [0, 0.05) is 18.8 Å². The number of nitro benzene ring substituents is 1. The standard InChI is InChI=1S/C11H16NO5P/c1-9(2)8-16-18(3,15)17-11-6-4-10(5-7-11)12(13)14/h4-7,9H,8H2,1-3H3. The molecule has 0 aromatic heterocycles. The predicted octanol–water partition coefficient (Wildman–Crippen LogP) is 3.47. The van der Waals surface area contributed by atoms with Crippen LogP contribution in [0, 0.1) is 16.0 Å². The summed E-state index contributed by atoms with van der Waals surface area (Å²) >= 11 is 0. The van der Waals surface area contributed by atoms with Crippen molar-refractivity contribution in [1.82, 2.24) is 0 Å². The molecule has 0 N–H and O–H groups in total. The molecule has 1 aromatic rings. The van der Waals surface area contributed by atoms with Crippen molar-refractivity contribution in [2.75, 3.05) is 13.3 Å². The van der Waals surface area contributed by atoms with E-state index in [1.165, 1.54) is 30.9 Å². The number of rotatable bonds is 6. The molecular formula is C11H16NO5P. The lowest BCUT2D eigenvalue weighted by molar-refractivity contribution is -0.384. The quantitative estimate of drug-likeness (QED) is 0.450. The Balaban J connectivity index is 2.66. The van der Waals surface area contributed by atoms with E-state index >= 15 is 0 Å². The predicted molar refractivity (Wildman–Crippen MR) is 68.0 cm³/mol. The second-order valence-corrected chi connectivity index (χ2v) is 6.29. The zero-order valence-corrected chi connectivity index (χ0v) is 11.4. The summed E-state index contributed by atoms with van der Waals surface area (Å²) in [5.74, 6) is 0.536. The molecule has 0 fully saturated rings. The van der Waals surface area contributed by atoms with Gasteiger partial charge in [-0.2, -0.15) is 0 Å². The van der Waals surface area contributed by atoms with Crippen molar-refractivity contribution in [1.29, 1.82) is 0 Å². The van der Waals surface area contributed by atoms with Gasteiger partial charge in [-0.3, -0.25) is 14.6 Å². The van der Waals surface area contributed by atoms with Gasteiger partial charge in [-0.25, -0.2) is 4.57 Å². The summed E-state index contributed by atoms with van der Waals surface area (Å²) in [6.45, 7) is 5.58. The zero-order valence-electron chi connectivity index (χ0n) is 10.5. The largest absolute Gasteiger partial charge is 0.425 e. The van der Waals surface area contributed by atoms with E-state index < -0.39 is 12.5 Å². The number of benzene rings is 1. The maximum atomic E-state index is 11.9. The van der Waals surface area contributed by atoms with Gasteiger partial charge in [0.1, 0.15) is 5.75 Å². The number of nitrogens with zero attached hydrogens (tertiary/aromatic N) is 1. The third kappa shape index (κ3) is 4.85. The number of non-ortho nitro benzene ring substituents is 1. The highest BCUT2D eigenvalue weighted by atomic mass is 31.2. The average Bonchev–Trinajstić information content (AvgIpc) is 2.27. The molecule has 0 saturated carbocycles. The van der Waals surface area contributed by atoms with Crippen LogP contribution in [0.5, 0.6) is 5.75 Å². The first kappa shape index (κ1) is 14.7. The van der Waals surface area contributed by atoms with Gasteiger partial charge in [0.25, 0.3) is 5.69 Å². The molecule has 0 radical (unpaired) electrons. The van der Waals surface area contributed by atoms with Crippen molar-refractivity contribution in [2.24, 2.45) is 5.92 Å². The van der Waals surface area contributed by atoms with Crippen molar-refractivity contribution in [2.45, 2.75) is 13.8 Å². The molecule has 1 aromatic carbocycles. The smallest absolute Gasteiger partial charge is 0.376 e. The highest BCUT2D eigenvalue weighted by Gasteiger charge is 2.19. The Hall–Kier alpha value is -1.39. The van der Waals surface area contributed by atoms with Gasteiger partial charge < -0.3 is 4.52 Å². The number of hydrogen-bond acceptors (Lipinski definition) is 5. The van der Waals surface area contributed by atoms with Crippen LogP contribution < -0.4 is 4.52 Å². The van der Waals surface area contributed by atoms with E-state index in [0.717, 1.165) is 0 Å². The maximum Gasteiger partial charge on any atom is 0.376 e. The fourth-order valence-electron chi connectivity index (χ4n) is 1.13. The Bertz CT molecular complexity index is 457. The highest BCUT2D eigenvalue weighted by molar-refractivity contribution is 7.53. The van der Waals surface area contributed by atoms with Crippen molar-refractivity contribution < 1.29 is 18.5 Å².